The second kappa shape index (κ2) is 5.73. The van der Waals surface area contributed by atoms with E-state index in [9.17, 15) is 15.2 Å². The lowest BCUT2D eigenvalue weighted by Crippen LogP contribution is -2.11. The topological polar surface area (TPSA) is 79.8 Å². The van der Waals surface area contributed by atoms with Crippen LogP contribution in [0.3, 0.4) is 0 Å². The zero-order chi connectivity index (χ0) is 16.6. The summed E-state index contributed by atoms with van der Waals surface area (Å²) in [5, 5.41) is 22.1. The Kier molecular flexibility index (Phi) is 3.75. The molecule has 118 valence electrons. The Morgan fingerprint density at radius 1 is 1.22 bits per heavy atom. The van der Waals surface area contributed by atoms with E-state index in [0.717, 1.165) is 5.56 Å². The molecule has 3 rings (SSSR count). The molecule has 1 N–H and O–H groups in total. The van der Waals surface area contributed by atoms with Crippen molar-refractivity contribution in [2.75, 3.05) is 14.1 Å². The summed E-state index contributed by atoms with van der Waals surface area (Å²) in [6, 6.07) is 12.6. The predicted molar refractivity (Wildman–Crippen MR) is 87.4 cm³/mol. The molecule has 0 amide bonds. The van der Waals surface area contributed by atoms with Crippen LogP contribution in [0.15, 0.2) is 46.9 Å². The number of furan rings is 1. The first kappa shape index (κ1) is 15.1. The number of fused-ring (bicyclic) bond motifs is 1. The largest absolute Gasteiger partial charge is 0.502 e. The quantitative estimate of drug-likeness (QED) is 0.586. The molecule has 0 radical (unpaired) electrons. The second-order valence-electron chi connectivity index (χ2n) is 5.61. The molecule has 6 nitrogen and oxygen atoms in total. The maximum absolute atomic E-state index is 11.2. The van der Waals surface area contributed by atoms with E-state index in [1.165, 1.54) is 6.07 Å². The monoisotopic (exact) mass is 312 g/mol. The van der Waals surface area contributed by atoms with Crippen LogP contribution in [-0.4, -0.2) is 29.0 Å². The maximum Gasteiger partial charge on any atom is 0.314 e. The van der Waals surface area contributed by atoms with Crippen molar-refractivity contribution >= 4 is 16.7 Å². The first-order valence-electron chi connectivity index (χ1n) is 7.10. The van der Waals surface area contributed by atoms with Crippen molar-refractivity contribution in [3.8, 4) is 17.1 Å². The van der Waals surface area contributed by atoms with Crippen LogP contribution in [0.1, 0.15) is 5.56 Å². The molecule has 6 heteroatoms. The number of nitro groups is 1. The Hall–Kier alpha value is -2.86. The molecular weight excluding hydrogens is 296 g/mol. The summed E-state index contributed by atoms with van der Waals surface area (Å²) >= 11 is 0. The van der Waals surface area contributed by atoms with Gasteiger partial charge in [0.2, 0.25) is 0 Å². The van der Waals surface area contributed by atoms with Gasteiger partial charge in [0, 0.05) is 23.1 Å². The lowest BCUT2D eigenvalue weighted by molar-refractivity contribution is -0.385. The minimum atomic E-state index is -0.599. The van der Waals surface area contributed by atoms with Crippen molar-refractivity contribution in [2.45, 2.75) is 6.54 Å². The average Bonchev–Trinajstić information content (AvgIpc) is 2.94. The molecule has 0 aliphatic heterocycles. The number of rotatable bonds is 4. The van der Waals surface area contributed by atoms with Gasteiger partial charge in [-0.1, -0.05) is 30.3 Å². The van der Waals surface area contributed by atoms with Crippen molar-refractivity contribution in [2.24, 2.45) is 0 Å². The summed E-state index contributed by atoms with van der Waals surface area (Å²) < 4.78 is 5.79. The highest BCUT2D eigenvalue weighted by Gasteiger charge is 2.23. The summed E-state index contributed by atoms with van der Waals surface area (Å²) in [5.41, 5.74) is 1.42. The van der Waals surface area contributed by atoms with Crippen molar-refractivity contribution in [1.29, 1.82) is 0 Å². The SMILES string of the molecule is CN(C)Cc1c(O)c([N+](=O)[O-])cc2oc(-c3ccccc3)cc12. The summed E-state index contributed by atoms with van der Waals surface area (Å²) in [4.78, 5) is 12.4. The molecule has 2 aromatic carbocycles. The number of nitro benzene ring substituents is 1. The number of phenols is 1. The minimum Gasteiger partial charge on any atom is -0.502 e. The van der Waals surface area contributed by atoms with Gasteiger partial charge in [0.1, 0.15) is 11.3 Å². The minimum absolute atomic E-state index is 0.309. The Bertz CT molecular complexity index is 869. The van der Waals surface area contributed by atoms with Crippen LogP contribution in [0, 0.1) is 10.1 Å². The van der Waals surface area contributed by atoms with E-state index in [-0.39, 0.29) is 11.4 Å². The van der Waals surface area contributed by atoms with Crippen molar-refractivity contribution in [3.05, 3.63) is 58.1 Å². The highest BCUT2D eigenvalue weighted by atomic mass is 16.6. The van der Waals surface area contributed by atoms with E-state index in [1.807, 2.05) is 55.4 Å². The highest BCUT2D eigenvalue weighted by Crippen LogP contribution is 2.40. The molecule has 23 heavy (non-hydrogen) atoms. The Morgan fingerprint density at radius 2 is 1.91 bits per heavy atom. The smallest absolute Gasteiger partial charge is 0.314 e. The van der Waals surface area contributed by atoms with E-state index >= 15 is 0 Å². The third-order valence-electron chi connectivity index (χ3n) is 3.61. The molecule has 0 spiro atoms. The summed E-state index contributed by atoms with van der Waals surface area (Å²) in [6.07, 6.45) is 0. The number of hydrogen-bond acceptors (Lipinski definition) is 5. The van der Waals surface area contributed by atoms with Crippen molar-refractivity contribution < 1.29 is 14.4 Å². The Labute approximate surface area is 132 Å². The number of nitrogens with zero attached hydrogens (tertiary/aromatic N) is 2. The third kappa shape index (κ3) is 2.76. The van der Waals surface area contributed by atoms with Gasteiger partial charge in [-0.2, -0.15) is 0 Å². The van der Waals surface area contributed by atoms with Gasteiger partial charge < -0.3 is 14.4 Å². The molecule has 0 unspecified atom stereocenters. The van der Waals surface area contributed by atoms with Crippen LogP contribution in [0.5, 0.6) is 5.75 Å². The predicted octanol–water partition coefficient (Wildman–Crippen LogP) is 3.78. The fourth-order valence-corrected chi connectivity index (χ4v) is 2.58. The van der Waals surface area contributed by atoms with E-state index in [0.29, 0.717) is 28.8 Å². The zero-order valence-electron chi connectivity index (χ0n) is 12.8. The van der Waals surface area contributed by atoms with Crippen molar-refractivity contribution in [1.82, 2.24) is 4.90 Å². The molecule has 0 saturated carbocycles. The van der Waals surface area contributed by atoms with Gasteiger partial charge in [-0.3, -0.25) is 10.1 Å². The second-order valence-corrected chi connectivity index (χ2v) is 5.61. The fraction of sp³-hybridized carbons (Fsp3) is 0.176. The van der Waals surface area contributed by atoms with Gasteiger partial charge in [-0.05, 0) is 20.2 Å². The lowest BCUT2D eigenvalue weighted by atomic mass is 10.1. The molecule has 0 aliphatic rings. The molecule has 1 aromatic heterocycles. The van der Waals surface area contributed by atoms with Gasteiger partial charge in [-0.15, -0.1) is 0 Å². The molecule has 0 atom stereocenters. The third-order valence-corrected chi connectivity index (χ3v) is 3.61. The summed E-state index contributed by atoms with van der Waals surface area (Å²) in [6.45, 7) is 0.373. The lowest BCUT2D eigenvalue weighted by Gasteiger charge is -2.12. The van der Waals surface area contributed by atoms with Crippen LogP contribution in [0.4, 0.5) is 5.69 Å². The molecule has 0 bridgehead atoms. The summed E-state index contributed by atoms with van der Waals surface area (Å²) in [5.74, 6) is 0.303. The highest BCUT2D eigenvalue weighted by molar-refractivity contribution is 5.90. The summed E-state index contributed by atoms with van der Waals surface area (Å²) in [7, 11) is 3.67. The zero-order valence-corrected chi connectivity index (χ0v) is 12.8. The first-order chi connectivity index (χ1) is 11.0. The number of benzene rings is 2. The molecule has 0 saturated heterocycles. The molecular formula is C17H16N2O4. The molecule has 3 aromatic rings. The Balaban J connectivity index is 2.26. The van der Waals surface area contributed by atoms with E-state index in [2.05, 4.69) is 0 Å². The van der Waals surface area contributed by atoms with Gasteiger partial charge in [0.15, 0.2) is 5.75 Å². The fourth-order valence-electron chi connectivity index (χ4n) is 2.58. The number of aromatic hydroxyl groups is 1. The maximum atomic E-state index is 11.2. The Morgan fingerprint density at radius 3 is 2.52 bits per heavy atom. The normalized spacial score (nSPS) is 11.3. The standard InChI is InChI=1S/C17H16N2O4/c1-18(2)10-13-12-8-15(11-6-4-3-5-7-11)23-16(12)9-14(17(13)20)19(21)22/h3-9,20H,10H2,1-2H3. The number of hydrogen-bond donors (Lipinski definition) is 1. The van der Waals surface area contributed by atoms with Crippen LogP contribution >= 0.6 is 0 Å². The molecule has 0 fully saturated rings. The van der Waals surface area contributed by atoms with Crippen LogP contribution in [0.25, 0.3) is 22.3 Å². The number of phenolic OH excluding ortho intramolecular Hbond substituents is 1. The van der Waals surface area contributed by atoms with Crippen LogP contribution in [-0.2, 0) is 6.54 Å². The van der Waals surface area contributed by atoms with E-state index in [4.69, 9.17) is 4.42 Å². The average molecular weight is 312 g/mol. The van der Waals surface area contributed by atoms with Crippen molar-refractivity contribution in [3.63, 3.8) is 0 Å². The van der Waals surface area contributed by atoms with Gasteiger partial charge in [0.25, 0.3) is 0 Å². The molecule has 1 heterocycles. The van der Waals surface area contributed by atoms with Gasteiger partial charge in [0.05, 0.1) is 11.0 Å². The van der Waals surface area contributed by atoms with E-state index in [1.54, 1.807) is 0 Å². The first-order valence-corrected chi connectivity index (χ1v) is 7.10. The van der Waals surface area contributed by atoms with Crippen LogP contribution in [0.2, 0.25) is 0 Å². The van der Waals surface area contributed by atoms with Gasteiger partial charge in [-0.25, -0.2) is 0 Å². The van der Waals surface area contributed by atoms with Crippen LogP contribution < -0.4 is 0 Å². The molecule has 0 aliphatic carbocycles. The van der Waals surface area contributed by atoms with Gasteiger partial charge >= 0.3 is 5.69 Å². The van der Waals surface area contributed by atoms with E-state index < -0.39 is 4.92 Å².